The van der Waals surface area contributed by atoms with Crippen molar-refractivity contribution in [2.45, 2.75) is 45.3 Å². The molecule has 1 fully saturated rings. The molecule has 0 aliphatic carbocycles. The lowest BCUT2D eigenvalue weighted by Crippen LogP contribution is -2.57. The average molecular weight is 306 g/mol. The molecule has 1 aromatic carbocycles. The first kappa shape index (κ1) is 16.6. The largest absolute Gasteiger partial charge is 0.487 e. The SMILES string of the molecule is CC(C)(C)OC(=O)N1CC(Oc2ccc(CCCN)cc2)C1. The molecule has 0 bridgehead atoms. The molecule has 122 valence electrons. The minimum atomic E-state index is -0.456. The zero-order valence-electron chi connectivity index (χ0n) is 13.7. The standard InChI is InChI=1S/C17H26N2O3/c1-17(2,3)22-16(20)19-11-15(12-19)21-14-8-6-13(7-9-14)5-4-10-18/h6-9,15H,4-5,10-12,18H2,1-3H3. The van der Waals surface area contributed by atoms with E-state index in [1.165, 1.54) is 5.56 Å². The molecule has 0 spiro atoms. The lowest BCUT2D eigenvalue weighted by Gasteiger charge is -2.39. The lowest BCUT2D eigenvalue weighted by atomic mass is 10.1. The van der Waals surface area contributed by atoms with Gasteiger partial charge in [0.2, 0.25) is 0 Å². The summed E-state index contributed by atoms with van der Waals surface area (Å²) in [6, 6.07) is 8.08. The molecule has 22 heavy (non-hydrogen) atoms. The molecule has 0 saturated carbocycles. The number of hydrogen-bond donors (Lipinski definition) is 1. The molecule has 0 radical (unpaired) electrons. The molecule has 0 aromatic heterocycles. The van der Waals surface area contributed by atoms with Crippen molar-refractivity contribution in [2.75, 3.05) is 19.6 Å². The van der Waals surface area contributed by atoms with Crippen LogP contribution in [0.3, 0.4) is 0 Å². The van der Waals surface area contributed by atoms with E-state index in [2.05, 4.69) is 12.1 Å². The molecule has 5 heteroatoms. The summed E-state index contributed by atoms with van der Waals surface area (Å²) in [7, 11) is 0. The summed E-state index contributed by atoms with van der Waals surface area (Å²) in [5, 5.41) is 0. The van der Waals surface area contributed by atoms with Gasteiger partial charge in [0.05, 0.1) is 13.1 Å². The van der Waals surface area contributed by atoms with Crippen LogP contribution in [0, 0.1) is 0 Å². The van der Waals surface area contributed by atoms with Crippen LogP contribution in [-0.4, -0.2) is 42.3 Å². The Kier molecular flexibility index (Phi) is 5.29. The number of nitrogens with two attached hydrogens (primary N) is 1. The number of hydrogen-bond acceptors (Lipinski definition) is 4. The number of carbonyl (C=O) groups is 1. The van der Waals surface area contributed by atoms with Gasteiger partial charge in [0, 0.05) is 0 Å². The summed E-state index contributed by atoms with van der Waals surface area (Å²) in [5.41, 5.74) is 6.32. The van der Waals surface area contributed by atoms with E-state index in [-0.39, 0.29) is 12.2 Å². The number of amides is 1. The third-order valence-electron chi connectivity index (χ3n) is 3.40. The summed E-state index contributed by atoms with van der Waals surface area (Å²) in [6.07, 6.45) is 1.76. The smallest absolute Gasteiger partial charge is 0.410 e. The number of nitrogens with zero attached hydrogens (tertiary/aromatic N) is 1. The fourth-order valence-corrected chi connectivity index (χ4v) is 2.22. The molecule has 0 unspecified atom stereocenters. The lowest BCUT2D eigenvalue weighted by molar-refractivity contribution is -0.0221. The third-order valence-corrected chi connectivity index (χ3v) is 3.40. The van der Waals surface area contributed by atoms with Crippen LogP contribution in [0.5, 0.6) is 5.75 Å². The van der Waals surface area contributed by atoms with E-state index in [1.807, 2.05) is 32.9 Å². The normalized spacial score (nSPS) is 15.4. The summed E-state index contributed by atoms with van der Waals surface area (Å²) >= 11 is 0. The Morgan fingerprint density at radius 2 is 1.91 bits per heavy atom. The topological polar surface area (TPSA) is 64.8 Å². The highest BCUT2D eigenvalue weighted by Crippen LogP contribution is 2.21. The van der Waals surface area contributed by atoms with Crippen molar-refractivity contribution in [3.05, 3.63) is 29.8 Å². The number of ether oxygens (including phenoxy) is 2. The van der Waals surface area contributed by atoms with Gasteiger partial charge >= 0.3 is 6.09 Å². The maximum atomic E-state index is 11.8. The second-order valence-corrected chi connectivity index (χ2v) is 6.66. The first-order valence-electron chi connectivity index (χ1n) is 7.81. The van der Waals surface area contributed by atoms with E-state index in [1.54, 1.807) is 4.90 Å². The van der Waals surface area contributed by atoms with Crippen molar-refractivity contribution in [2.24, 2.45) is 5.73 Å². The fraction of sp³-hybridized carbons (Fsp3) is 0.588. The Morgan fingerprint density at radius 3 is 2.45 bits per heavy atom. The van der Waals surface area contributed by atoms with Crippen LogP contribution in [0.15, 0.2) is 24.3 Å². The van der Waals surface area contributed by atoms with Crippen molar-refractivity contribution in [3.8, 4) is 5.75 Å². The molecule has 2 rings (SSSR count). The van der Waals surface area contributed by atoms with Gasteiger partial charge in [-0.25, -0.2) is 4.79 Å². The predicted molar refractivity (Wildman–Crippen MR) is 86.0 cm³/mol. The van der Waals surface area contributed by atoms with Gasteiger partial charge in [-0.15, -0.1) is 0 Å². The van der Waals surface area contributed by atoms with Crippen LogP contribution >= 0.6 is 0 Å². The van der Waals surface area contributed by atoms with Crippen molar-refractivity contribution in [1.29, 1.82) is 0 Å². The molecule has 1 aromatic rings. The monoisotopic (exact) mass is 306 g/mol. The zero-order chi connectivity index (χ0) is 16.2. The van der Waals surface area contributed by atoms with Gasteiger partial charge in [0.15, 0.2) is 0 Å². The van der Waals surface area contributed by atoms with E-state index >= 15 is 0 Å². The molecular formula is C17H26N2O3. The molecule has 1 amide bonds. The van der Waals surface area contributed by atoms with Gasteiger partial charge in [-0.3, -0.25) is 0 Å². The van der Waals surface area contributed by atoms with Crippen molar-refractivity contribution in [3.63, 3.8) is 0 Å². The molecule has 0 atom stereocenters. The number of benzene rings is 1. The minimum Gasteiger partial charge on any atom is -0.487 e. The number of aryl methyl sites for hydroxylation is 1. The van der Waals surface area contributed by atoms with E-state index in [4.69, 9.17) is 15.2 Å². The average Bonchev–Trinajstić information content (AvgIpc) is 2.39. The van der Waals surface area contributed by atoms with E-state index in [0.717, 1.165) is 18.6 Å². The number of carbonyl (C=O) groups excluding carboxylic acids is 1. The van der Waals surface area contributed by atoms with Crippen LogP contribution in [-0.2, 0) is 11.2 Å². The Morgan fingerprint density at radius 1 is 1.27 bits per heavy atom. The molecule has 2 N–H and O–H groups in total. The highest BCUT2D eigenvalue weighted by molar-refractivity contribution is 5.69. The van der Waals surface area contributed by atoms with Crippen LogP contribution in [0.1, 0.15) is 32.8 Å². The van der Waals surface area contributed by atoms with Gasteiger partial charge in [-0.2, -0.15) is 0 Å². The maximum Gasteiger partial charge on any atom is 0.410 e. The fourth-order valence-electron chi connectivity index (χ4n) is 2.22. The molecule has 1 aliphatic rings. The zero-order valence-corrected chi connectivity index (χ0v) is 13.7. The van der Waals surface area contributed by atoms with Crippen LogP contribution < -0.4 is 10.5 Å². The molecule has 1 saturated heterocycles. The van der Waals surface area contributed by atoms with Gasteiger partial charge < -0.3 is 20.1 Å². The van der Waals surface area contributed by atoms with Crippen LogP contribution in [0.25, 0.3) is 0 Å². The van der Waals surface area contributed by atoms with E-state index < -0.39 is 5.60 Å². The van der Waals surface area contributed by atoms with Gasteiger partial charge in [-0.1, -0.05) is 12.1 Å². The molecule has 1 heterocycles. The van der Waals surface area contributed by atoms with Crippen molar-refractivity contribution in [1.82, 2.24) is 4.90 Å². The number of rotatable bonds is 5. The highest BCUT2D eigenvalue weighted by atomic mass is 16.6. The first-order valence-corrected chi connectivity index (χ1v) is 7.81. The van der Waals surface area contributed by atoms with Gasteiger partial charge in [0.1, 0.15) is 17.5 Å². The second kappa shape index (κ2) is 7.01. The summed E-state index contributed by atoms with van der Waals surface area (Å²) in [6.45, 7) is 7.45. The van der Waals surface area contributed by atoms with Crippen LogP contribution in [0.4, 0.5) is 4.79 Å². The van der Waals surface area contributed by atoms with E-state index in [9.17, 15) is 4.79 Å². The quantitative estimate of drug-likeness (QED) is 0.908. The summed E-state index contributed by atoms with van der Waals surface area (Å²) in [4.78, 5) is 13.5. The number of likely N-dealkylation sites (tertiary alicyclic amines) is 1. The molecular weight excluding hydrogens is 280 g/mol. The Balaban J connectivity index is 1.74. The third kappa shape index (κ3) is 4.91. The predicted octanol–water partition coefficient (Wildman–Crippen LogP) is 2.58. The summed E-state index contributed by atoms with van der Waals surface area (Å²) in [5.74, 6) is 0.838. The first-order chi connectivity index (χ1) is 10.4. The van der Waals surface area contributed by atoms with Crippen molar-refractivity contribution < 1.29 is 14.3 Å². The molecule has 1 aliphatic heterocycles. The summed E-state index contributed by atoms with van der Waals surface area (Å²) < 4.78 is 11.2. The van der Waals surface area contributed by atoms with E-state index in [0.29, 0.717) is 19.6 Å². The molecule has 5 nitrogen and oxygen atoms in total. The Hall–Kier alpha value is -1.75. The Bertz CT molecular complexity index is 488. The second-order valence-electron chi connectivity index (χ2n) is 6.66. The van der Waals surface area contributed by atoms with Gasteiger partial charge in [0.25, 0.3) is 0 Å². The maximum absolute atomic E-state index is 11.8. The minimum absolute atomic E-state index is 0.0439. The highest BCUT2D eigenvalue weighted by Gasteiger charge is 2.35. The van der Waals surface area contributed by atoms with Crippen molar-refractivity contribution >= 4 is 6.09 Å². The van der Waals surface area contributed by atoms with Crippen LogP contribution in [0.2, 0.25) is 0 Å². The Labute approximate surface area is 132 Å². The van der Waals surface area contributed by atoms with Gasteiger partial charge in [-0.05, 0) is 57.9 Å².